The molecule has 5 nitrogen and oxygen atoms in total. The van der Waals surface area contributed by atoms with Gasteiger partial charge in [0.25, 0.3) is 5.56 Å². The molecule has 1 rings (SSSR count). The number of ether oxygens (including phenoxy) is 1. The van der Waals surface area contributed by atoms with Gasteiger partial charge in [0.1, 0.15) is 0 Å². The maximum absolute atomic E-state index is 10.9. The molecule has 6 heteroatoms. The van der Waals surface area contributed by atoms with Crippen molar-refractivity contribution in [1.82, 2.24) is 9.97 Å². The summed E-state index contributed by atoms with van der Waals surface area (Å²) < 4.78 is 5.03. The lowest BCUT2D eigenvalue weighted by Crippen LogP contribution is -2.10. The van der Waals surface area contributed by atoms with Crippen LogP contribution in [0.1, 0.15) is 6.42 Å². The Labute approximate surface area is 79.3 Å². The van der Waals surface area contributed by atoms with Crippen LogP contribution in [-0.2, 0) is 0 Å². The summed E-state index contributed by atoms with van der Waals surface area (Å²) in [6, 6.07) is 0. The second-order valence-electron chi connectivity index (χ2n) is 2.28. The van der Waals surface area contributed by atoms with Crippen molar-refractivity contribution in [1.29, 1.82) is 0 Å². The summed E-state index contributed by atoms with van der Waals surface area (Å²) in [6.07, 6.45) is 1.69. The molecule has 72 valence electrons. The molecule has 0 unspecified atom stereocenters. The number of aromatic amines is 1. The number of halogens is 1. The number of H-pyrrole nitrogens is 1. The van der Waals surface area contributed by atoms with Crippen LogP contribution in [0.5, 0.6) is 5.88 Å². The summed E-state index contributed by atoms with van der Waals surface area (Å²) in [6.45, 7) is 0.313. The van der Waals surface area contributed by atoms with E-state index in [9.17, 15) is 4.79 Å². The molecule has 0 fully saturated rings. The van der Waals surface area contributed by atoms with Crippen molar-refractivity contribution < 1.29 is 9.84 Å². The second kappa shape index (κ2) is 4.84. The van der Waals surface area contributed by atoms with Crippen LogP contribution >= 0.6 is 11.6 Å². The van der Waals surface area contributed by atoms with Crippen LogP contribution in [0.15, 0.2) is 11.1 Å². The Morgan fingerprint density at radius 3 is 3.15 bits per heavy atom. The molecule has 1 heterocycles. The van der Waals surface area contributed by atoms with Gasteiger partial charge in [0.2, 0.25) is 5.88 Å². The topological polar surface area (TPSA) is 75.2 Å². The number of nitrogens with zero attached hydrogens (tertiary/aromatic N) is 1. The molecule has 0 atom stereocenters. The summed E-state index contributed by atoms with van der Waals surface area (Å²) in [7, 11) is 0. The first-order chi connectivity index (χ1) is 6.25. The van der Waals surface area contributed by atoms with Gasteiger partial charge >= 0.3 is 0 Å². The highest BCUT2D eigenvalue weighted by atomic mass is 35.5. The van der Waals surface area contributed by atoms with Gasteiger partial charge < -0.3 is 14.8 Å². The minimum atomic E-state index is -0.435. The van der Waals surface area contributed by atoms with Crippen molar-refractivity contribution in [2.24, 2.45) is 0 Å². The molecule has 0 aliphatic heterocycles. The van der Waals surface area contributed by atoms with Gasteiger partial charge in [-0.3, -0.25) is 4.79 Å². The van der Waals surface area contributed by atoms with Crippen molar-refractivity contribution in [2.45, 2.75) is 6.42 Å². The lowest BCUT2D eigenvalue weighted by molar-refractivity contribution is 0.229. The Morgan fingerprint density at radius 2 is 2.46 bits per heavy atom. The zero-order chi connectivity index (χ0) is 9.68. The predicted molar refractivity (Wildman–Crippen MR) is 47.1 cm³/mol. The molecular weight excluding hydrogens is 196 g/mol. The quantitative estimate of drug-likeness (QED) is 0.687. The molecule has 0 aromatic carbocycles. The van der Waals surface area contributed by atoms with Crippen LogP contribution in [0.2, 0.25) is 5.02 Å². The second-order valence-corrected chi connectivity index (χ2v) is 2.65. The van der Waals surface area contributed by atoms with Crippen molar-refractivity contribution in [2.75, 3.05) is 13.2 Å². The average molecular weight is 205 g/mol. The molecule has 0 aliphatic carbocycles. The van der Waals surface area contributed by atoms with Gasteiger partial charge in [-0.25, -0.2) is 4.98 Å². The normalized spacial score (nSPS) is 10.0. The van der Waals surface area contributed by atoms with Crippen molar-refractivity contribution in [3.8, 4) is 5.88 Å². The largest absolute Gasteiger partial charge is 0.476 e. The van der Waals surface area contributed by atoms with Crippen LogP contribution in [0.3, 0.4) is 0 Å². The summed E-state index contributed by atoms with van der Waals surface area (Å²) in [5, 5.41) is 8.40. The number of aliphatic hydroxyl groups excluding tert-OH is 1. The maximum atomic E-state index is 10.9. The number of aliphatic hydroxyl groups is 1. The van der Waals surface area contributed by atoms with Gasteiger partial charge in [-0.15, -0.1) is 0 Å². The molecule has 0 radical (unpaired) electrons. The molecular formula is C7H9ClN2O3. The minimum Gasteiger partial charge on any atom is -0.476 e. The van der Waals surface area contributed by atoms with E-state index in [1.807, 2.05) is 0 Å². The highest BCUT2D eigenvalue weighted by Crippen LogP contribution is 2.14. The van der Waals surface area contributed by atoms with Crippen LogP contribution < -0.4 is 10.3 Å². The molecule has 0 saturated heterocycles. The molecule has 1 aromatic rings. The third-order valence-electron chi connectivity index (χ3n) is 1.31. The van der Waals surface area contributed by atoms with E-state index in [2.05, 4.69) is 9.97 Å². The summed E-state index contributed by atoms with van der Waals surface area (Å²) in [5.74, 6) is 0.0962. The number of rotatable bonds is 4. The first kappa shape index (κ1) is 10.0. The number of aromatic nitrogens is 2. The van der Waals surface area contributed by atoms with Crippen molar-refractivity contribution >= 4 is 11.6 Å². The van der Waals surface area contributed by atoms with Crippen LogP contribution in [-0.4, -0.2) is 28.3 Å². The third-order valence-corrected chi connectivity index (χ3v) is 1.64. The highest BCUT2D eigenvalue weighted by molar-refractivity contribution is 6.31. The molecule has 1 aromatic heterocycles. The first-order valence-electron chi connectivity index (χ1n) is 3.72. The SMILES string of the molecule is O=c1[nH]cnc(OCCCO)c1Cl. The number of nitrogens with one attached hydrogen (secondary N) is 1. The standard InChI is InChI=1S/C7H9ClN2O3/c8-5-6(12)9-4-10-7(5)13-3-1-2-11/h4,11H,1-3H2,(H,9,10,12). The van der Waals surface area contributed by atoms with Crippen molar-refractivity contribution in [3.63, 3.8) is 0 Å². The van der Waals surface area contributed by atoms with E-state index < -0.39 is 5.56 Å². The zero-order valence-electron chi connectivity index (χ0n) is 6.79. The zero-order valence-corrected chi connectivity index (χ0v) is 7.54. The number of hydrogen-bond donors (Lipinski definition) is 2. The molecule has 0 aliphatic rings. The summed E-state index contributed by atoms with van der Waals surface area (Å²) in [5.41, 5.74) is -0.435. The predicted octanol–water partition coefficient (Wildman–Crippen LogP) is 0.184. The molecule has 13 heavy (non-hydrogen) atoms. The monoisotopic (exact) mass is 204 g/mol. The van der Waals surface area contributed by atoms with Crippen LogP contribution in [0.4, 0.5) is 0 Å². The first-order valence-corrected chi connectivity index (χ1v) is 4.10. The fourth-order valence-corrected chi connectivity index (χ4v) is 0.859. The average Bonchev–Trinajstić information content (AvgIpc) is 2.13. The fourth-order valence-electron chi connectivity index (χ4n) is 0.701. The van der Waals surface area contributed by atoms with E-state index in [1.165, 1.54) is 6.33 Å². The third kappa shape index (κ3) is 2.71. The van der Waals surface area contributed by atoms with E-state index in [-0.39, 0.29) is 24.1 Å². The summed E-state index contributed by atoms with van der Waals surface area (Å²) in [4.78, 5) is 16.9. The van der Waals surface area contributed by atoms with E-state index in [0.29, 0.717) is 6.42 Å². The van der Waals surface area contributed by atoms with E-state index >= 15 is 0 Å². The van der Waals surface area contributed by atoms with Gasteiger partial charge in [0.15, 0.2) is 5.02 Å². The van der Waals surface area contributed by atoms with Gasteiger partial charge in [0, 0.05) is 13.0 Å². The molecule has 0 spiro atoms. The maximum Gasteiger partial charge on any atom is 0.273 e. The molecule has 0 bridgehead atoms. The van der Waals surface area contributed by atoms with E-state index in [0.717, 1.165) is 0 Å². The molecule has 0 amide bonds. The minimum absolute atomic E-state index is 0.0286. The Balaban J connectivity index is 2.66. The highest BCUT2D eigenvalue weighted by Gasteiger charge is 2.05. The van der Waals surface area contributed by atoms with E-state index in [4.69, 9.17) is 21.4 Å². The Bertz CT molecular complexity index is 326. The summed E-state index contributed by atoms with van der Waals surface area (Å²) >= 11 is 5.58. The smallest absolute Gasteiger partial charge is 0.273 e. The molecule has 0 saturated carbocycles. The van der Waals surface area contributed by atoms with E-state index in [1.54, 1.807) is 0 Å². The van der Waals surface area contributed by atoms with Crippen molar-refractivity contribution in [3.05, 3.63) is 21.7 Å². The number of hydrogen-bond acceptors (Lipinski definition) is 4. The van der Waals surface area contributed by atoms with Gasteiger partial charge in [-0.2, -0.15) is 0 Å². The lowest BCUT2D eigenvalue weighted by Gasteiger charge is -2.03. The Morgan fingerprint density at radius 1 is 1.69 bits per heavy atom. The molecule has 2 N–H and O–H groups in total. The van der Waals surface area contributed by atoms with Gasteiger partial charge in [-0.05, 0) is 0 Å². The van der Waals surface area contributed by atoms with Crippen LogP contribution in [0.25, 0.3) is 0 Å². The fraction of sp³-hybridized carbons (Fsp3) is 0.429. The lowest BCUT2D eigenvalue weighted by atomic mass is 10.5. The van der Waals surface area contributed by atoms with Gasteiger partial charge in [0.05, 0.1) is 12.9 Å². The Hall–Kier alpha value is -1.07. The Kier molecular flexibility index (Phi) is 3.72. The van der Waals surface area contributed by atoms with Crippen LogP contribution in [0, 0.1) is 0 Å². The van der Waals surface area contributed by atoms with Gasteiger partial charge in [-0.1, -0.05) is 11.6 Å².